The van der Waals surface area contributed by atoms with Gasteiger partial charge in [0.25, 0.3) is 5.56 Å². The third kappa shape index (κ3) is 4.84. The van der Waals surface area contributed by atoms with Gasteiger partial charge in [-0.15, -0.1) is 0 Å². The zero-order chi connectivity index (χ0) is 22.0. The molecule has 8 heteroatoms. The maximum atomic E-state index is 13.4. The zero-order valence-corrected chi connectivity index (χ0v) is 18.8. The summed E-state index contributed by atoms with van der Waals surface area (Å²) in [6.07, 6.45) is 0. The third-order valence-corrected chi connectivity index (χ3v) is 5.95. The minimum atomic E-state index is -0.489. The molecule has 0 saturated heterocycles. The van der Waals surface area contributed by atoms with E-state index in [0.29, 0.717) is 33.2 Å². The number of halogens is 2. The van der Waals surface area contributed by atoms with Crippen molar-refractivity contribution in [2.24, 2.45) is 0 Å². The van der Waals surface area contributed by atoms with Crippen LogP contribution in [0.2, 0.25) is 5.02 Å². The van der Waals surface area contributed by atoms with E-state index in [2.05, 4.69) is 4.98 Å². The summed E-state index contributed by atoms with van der Waals surface area (Å²) in [4.78, 5) is 32.1. The van der Waals surface area contributed by atoms with E-state index < -0.39 is 5.25 Å². The second kappa shape index (κ2) is 9.18. The van der Waals surface area contributed by atoms with Crippen LogP contribution in [0.25, 0.3) is 10.9 Å². The Balaban J connectivity index is 1.87. The molecule has 1 atom stereocenters. The Morgan fingerprint density at radius 3 is 2.63 bits per heavy atom. The lowest BCUT2D eigenvalue weighted by Crippen LogP contribution is -2.34. The molecule has 2 aromatic carbocycles. The molecule has 0 saturated carbocycles. The van der Waals surface area contributed by atoms with Crippen molar-refractivity contribution in [3.63, 3.8) is 0 Å². The van der Waals surface area contributed by atoms with Crippen LogP contribution in [-0.4, -0.2) is 32.7 Å². The second-order valence-electron chi connectivity index (χ2n) is 7.41. The second-order valence-corrected chi connectivity index (χ2v) is 9.15. The molecule has 1 heterocycles. The third-order valence-electron chi connectivity index (χ3n) is 4.66. The molecule has 1 amide bonds. The predicted octanol–water partition coefficient (Wildman–Crippen LogP) is 4.91. The van der Waals surface area contributed by atoms with Gasteiger partial charge in [-0.1, -0.05) is 35.5 Å². The molecule has 0 spiro atoms. The summed E-state index contributed by atoms with van der Waals surface area (Å²) in [5.74, 6) is -0.476. The SMILES string of the molecule is CC(Sc1nc2cc(Cl)ccc2c(=O)n1C(C)C)C(=O)N(C)Cc1cccc(F)c1. The van der Waals surface area contributed by atoms with Crippen molar-refractivity contribution < 1.29 is 9.18 Å². The van der Waals surface area contributed by atoms with Gasteiger partial charge >= 0.3 is 0 Å². The Morgan fingerprint density at radius 2 is 1.97 bits per heavy atom. The normalized spacial score (nSPS) is 12.4. The lowest BCUT2D eigenvalue weighted by molar-refractivity contribution is -0.129. The van der Waals surface area contributed by atoms with Gasteiger partial charge in [-0.25, -0.2) is 9.37 Å². The van der Waals surface area contributed by atoms with Crippen molar-refractivity contribution in [2.75, 3.05) is 7.05 Å². The highest BCUT2D eigenvalue weighted by atomic mass is 35.5. The molecule has 0 fully saturated rings. The molecule has 0 aliphatic rings. The number of aromatic nitrogens is 2. The van der Waals surface area contributed by atoms with E-state index in [-0.39, 0.29) is 23.3 Å². The summed E-state index contributed by atoms with van der Waals surface area (Å²) in [6, 6.07) is 11.0. The minimum absolute atomic E-state index is 0.125. The summed E-state index contributed by atoms with van der Waals surface area (Å²) in [7, 11) is 1.67. The van der Waals surface area contributed by atoms with E-state index in [1.54, 1.807) is 53.8 Å². The Bertz CT molecular complexity index is 1150. The maximum absolute atomic E-state index is 13.4. The predicted molar refractivity (Wildman–Crippen MR) is 120 cm³/mol. The average molecular weight is 448 g/mol. The van der Waals surface area contributed by atoms with Gasteiger partial charge in [0.05, 0.1) is 16.2 Å². The van der Waals surface area contributed by atoms with Crippen molar-refractivity contribution in [1.29, 1.82) is 0 Å². The average Bonchev–Trinajstić information content (AvgIpc) is 2.66. The van der Waals surface area contributed by atoms with Crippen molar-refractivity contribution >= 4 is 40.2 Å². The van der Waals surface area contributed by atoms with E-state index in [1.807, 2.05) is 13.8 Å². The lowest BCUT2D eigenvalue weighted by atomic mass is 10.2. The summed E-state index contributed by atoms with van der Waals surface area (Å²) in [6.45, 7) is 5.86. The molecule has 0 N–H and O–H groups in total. The zero-order valence-electron chi connectivity index (χ0n) is 17.2. The highest BCUT2D eigenvalue weighted by Crippen LogP contribution is 2.27. The fourth-order valence-corrected chi connectivity index (χ4v) is 4.52. The van der Waals surface area contributed by atoms with Crippen LogP contribution >= 0.6 is 23.4 Å². The molecule has 3 aromatic rings. The fraction of sp³-hybridized carbons (Fsp3) is 0.318. The summed E-state index contributed by atoms with van der Waals surface area (Å²) in [5.41, 5.74) is 1.04. The Morgan fingerprint density at radius 1 is 1.23 bits per heavy atom. The maximum Gasteiger partial charge on any atom is 0.262 e. The van der Waals surface area contributed by atoms with Gasteiger partial charge in [0.2, 0.25) is 5.91 Å². The molecule has 0 radical (unpaired) electrons. The van der Waals surface area contributed by atoms with E-state index in [0.717, 1.165) is 0 Å². The number of benzene rings is 2. The Labute approximate surface area is 183 Å². The van der Waals surface area contributed by atoms with Crippen LogP contribution in [-0.2, 0) is 11.3 Å². The molecule has 30 heavy (non-hydrogen) atoms. The van der Waals surface area contributed by atoms with Crippen LogP contribution < -0.4 is 5.56 Å². The molecule has 0 bridgehead atoms. The van der Waals surface area contributed by atoms with Crippen molar-refractivity contribution in [3.05, 3.63) is 69.2 Å². The molecule has 1 unspecified atom stereocenters. The molecule has 1 aromatic heterocycles. The van der Waals surface area contributed by atoms with Crippen LogP contribution in [0.5, 0.6) is 0 Å². The van der Waals surface area contributed by atoms with E-state index >= 15 is 0 Å². The molecule has 5 nitrogen and oxygen atoms in total. The molecule has 0 aliphatic carbocycles. The van der Waals surface area contributed by atoms with Gasteiger partial charge in [0.1, 0.15) is 5.82 Å². The molecule has 0 aliphatic heterocycles. The van der Waals surface area contributed by atoms with Crippen molar-refractivity contribution in [1.82, 2.24) is 14.5 Å². The van der Waals surface area contributed by atoms with E-state index in [4.69, 9.17) is 11.6 Å². The highest BCUT2D eigenvalue weighted by molar-refractivity contribution is 8.00. The van der Waals surface area contributed by atoms with Crippen LogP contribution in [0.3, 0.4) is 0 Å². The first-order valence-corrected chi connectivity index (χ1v) is 10.8. The van der Waals surface area contributed by atoms with Crippen LogP contribution in [0.15, 0.2) is 52.4 Å². The standard InChI is InChI=1S/C22H23ClFN3O2S/c1-13(2)27-21(29)18-9-8-16(23)11-19(18)25-22(27)30-14(3)20(28)26(4)12-15-6-5-7-17(24)10-15/h5-11,13-14H,12H2,1-4H3. The number of nitrogens with zero attached hydrogens (tertiary/aromatic N) is 3. The topological polar surface area (TPSA) is 55.2 Å². The quantitative estimate of drug-likeness (QED) is 0.398. The summed E-state index contributed by atoms with van der Waals surface area (Å²) in [5, 5.41) is 0.952. The van der Waals surface area contributed by atoms with Gasteiger partial charge in [0.15, 0.2) is 5.16 Å². The number of amides is 1. The first-order chi connectivity index (χ1) is 14.2. The van der Waals surface area contributed by atoms with E-state index in [1.165, 1.54) is 23.9 Å². The van der Waals surface area contributed by atoms with Gasteiger partial charge in [0, 0.05) is 24.7 Å². The molecular weight excluding hydrogens is 425 g/mol. The number of carbonyl (C=O) groups excluding carboxylic acids is 1. The molecular formula is C22H23ClFN3O2S. The van der Waals surface area contributed by atoms with Gasteiger partial charge in [-0.2, -0.15) is 0 Å². The van der Waals surface area contributed by atoms with Crippen molar-refractivity contribution in [2.45, 2.75) is 43.8 Å². The number of hydrogen-bond acceptors (Lipinski definition) is 4. The highest BCUT2D eigenvalue weighted by Gasteiger charge is 2.23. The Kier molecular flexibility index (Phi) is 6.83. The van der Waals surface area contributed by atoms with Crippen LogP contribution in [0, 0.1) is 5.82 Å². The largest absolute Gasteiger partial charge is 0.340 e. The number of thioether (sulfide) groups is 1. The smallest absolute Gasteiger partial charge is 0.262 e. The summed E-state index contributed by atoms with van der Waals surface area (Å²) < 4.78 is 15.0. The fourth-order valence-electron chi connectivity index (χ4n) is 3.20. The monoisotopic (exact) mass is 447 g/mol. The van der Waals surface area contributed by atoms with Crippen molar-refractivity contribution in [3.8, 4) is 0 Å². The molecule has 158 valence electrons. The number of hydrogen-bond donors (Lipinski definition) is 0. The Hall–Kier alpha value is -2.38. The lowest BCUT2D eigenvalue weighted by Gasteiger charge is -2.23. The van der Waals surface area contributed by atoms with Gasteiger partial charge in [-0.3, -0.25) is 14.2 Å². The number of carbonyl (C=O) groups is 1. The minimum Gasteiger partial charge on any atom is -0.340 e. The van der Waals surface area contributed by atoms with Gasteiger partial charge < -0.3 is 4.90 Å². The van der Waals surface area contributed by atoms with Crippen LogP contribution in [0.4, 0.5) is 4.39 Å². The number of fused-ring (bicyclic) bond motifs is 1. The summed E-state index contributed by atoms with van der Waals surface area (Å²) >= 11 is 7.30. The van der Waals surface area contributed by atoms with Gasteiger partial charge in [-0.05, 0) is 56.7 Å². The van der Waals surface area contributed by atoms with Crippen LogP contribution in [0.1, 0.15) is 32.4 Å². The number of rotatable bonds is 6. The first kappa shape index (κ1) is 22.3. The molecule has 3 rings (SSSR count). The van der Waals surface area contributed by atoms with E-state index in [9.17, 15) is 14.0 Å². The first-order valence-electron chi connectivity index (χ1n) is 9.55.